The molecular formula is C14H26N2O4. The van der Waals surface area contributed by atoms with Crippen molar-refractivity contribution in [2.75, 3.05) is 32.8 Å². The van der Waals surface area contributed by atoms with Crippen molar-refractivity contribution in [1.82, 2.24) is 9.80 Å². The maximum absolute atomic E-state index is 10.4. The second-order valence-corrected chi connectivity index (χ2v) is 7.75. The molecule has 6 heteroatoms. The summed E-state index contributed by atoms with van der Waals surface area (Å²) in [7, 11) is 0. The molecule has 4 aliphatic heterocycles. The fraction of sp³-hybridized carbons (Fsp3) is 1.00. The summed E-state index contributed by atoms with van der Waals surface area (Å²) in [6.45, 7) is 7.70. The Morgan fingerprint density at radius 1 is 1.00 bits per heavy atom. The summed E-state index contributed by atoms with van der Waals surface area (Å²) in [6.07, 6.45) is -2.73. The third-order valence-electron chi connectivity index (χ3n) is 5.18. The minimum absolute atomic E-state index is 0.252. The van der Waals surface area contributed by atoms with Crippen molar-refractivity contribution in [2.45, 2.75) is 44.7 Å². The van der Waals surface area contributed by atoms with Gasteiger partial charge in [-0.05, 0) is 17.3 Å². The highest BCUT2D eigenvalue weighted by Crippen LogP contribution is 2.51. The molecule has 4 saturated heterocycles. The number of hydrogen-bond donors (Lipinski definition) is 4. The molecule has 0 aromatic heterocycles. The first-order valence-electron chi connectivity index (χ1n) is 7.40. The Morgan fingerprint density at radius 2 is 1.45 bits per heavy atom. The third kappa shape index (κ3) is 2.19. The molecule has 0 spiro atoms. The van der Waals surface area contributed by atoms with Crippen molar-refractivity contribution in [1.29, 1.82) is 0 Å². The lowest BCUT2D eigenvalue weighted by Gasteiger charge is -2.67. The molecule has 20 heavy (non-hydrogen) atoms. The van der Waals surface area contributed by atoms with Crippen molar-refractivity contribution < 1.29 is 20.4 Å². The fourth-order valence-electron chi connectivity index (χ4n) is 4.98. The number of aliphatic hydroxyl groups is 4. The molecule has 116 valence electrons. The van der Waals surface area contributed by atoms with Crippen LogP contribution in [0.1, 0.15) is 20.3 Å². The monoisotopic (exact) mass is 286 g/mol. The molecule has 4 bridgehead atoms. The van der Waals surface area contributed by atoms with Crippen LogP contribution in [0, 0.1) is 10.8 Å². The number of hydrogen-bond acceptors (Lipinski definition) is 6. The molecule has 3 atom stereocenters. The van der Waals surface area contributed by atoms with Gasteiger partial charge in [0.1, 0.15) is 18.3 Å². The van der Waals surface area contributed by atoms with Gasteiger partial charge in [-0.1, -0.05) is 13.8 Å². The van der Waals surface area contributed by atoms with E-state index in [2.05, 4.69) is 23.6 Å². The number of aliphatic hydroxyl groups excluding tert-OH is 4. The van der Waals surface area contributed by atoms with Crippen molar-refractivity contribution in [2.24, 2.45) is 10.8 Å². The lowest BCUT2D eigenvalue weighted by atomic mass is 9.63. The first-order valence-corrected chi connectivity index (χ1v) is 7.40. The van der Waals surface area contributed by atoms with Crippen molar-refractivity contribution in [3.05, 3.63) is 0 Å². The molecule has 4 N–H and O–H groups in total. The van der Waals surface area contributed by atoms with Crippen LogP contribution in [0.4, 0.5) is 0 Å². The largest absolute Gasteiger partial charge is 0.394 e. The molecular weight excluding hydrogens is 260 g/mol. The van der Waals surface area contributed by atoms with Gasteiger partial charge in [0.2, 0.25) is 0 Å². The Labute approximate surface area is 119 Å². The van der Waals surface area contributed by atoms with Crippen LogP contribution in [0.2, 0.25) is 0 Å². The van der Waals surface area contributed by atoms with Crippen LogP contribution in [0.15, 0.2) is 0 Å². The van der Waals surface area contributed by atoms with Crippen LogP contribution < -0.4 is 0 Å². The topological polar surface area (TPSA) is 87.4 Å². The van der Waals surface area contributed by atoms with Crippen LogP contribution in [-0.2, 0) is 0 Å². The van der Waals surface area contributed by atoms with Gasteiger partial charge in [-0.3, -0.25) is 9.80 Å². The molecule has 0 saturated carbocycles. The zero-order chi connectivity index (χ0) is 14.7. The Kier molecular flexibility index (Phi) is 3.40. The summed E-state index contributed by atoms with van der Waals surface area (Å²) < 4.78 is 0. The average Bonchev–Trinajstić information content (AvgIpc) is 2.32. The number of nitrogens with zero attached hydrogens (tertiary/aromatic N) is 2. The molecule has 0 aromatic carbocycles. The molecule has 0 unspecified atom stereocenters. The van der Waals surface area contributed by atoms with E-state index in [1.165, 1.54) is 6.42 Å². The summed E-state index contributed by atoms with van der Waals surface area (Å²) in [6, 6.07) is 0. The van der Waals surface area contributed by atoms with Gasteiger partial charge in [-0.2, -0.15) is 0 Å². The fourth-order valence-corrected chi connectivity index (χ4v) is 4.98. The smallest absolute Gasteiger partial charge is 0.111 e. The average molecular weight is 286 g/mol. The lowest BCUT2D eigenvalue weighted by molar-refractivity contribution is -0.235. The van der Waals surface area contributed by atoms with E-state index in [-0.39, 0.29) is 17.0 Å². The van der Waals surface area contributed by atoms with Gasteiger partial charge in [0.15, 0.2) is 0 Å². The Hall–Kier alpha value is -0.240. The zero-order valence-corrected chi connectivity index (χ0v) is 12.2. The molecule has 6 nitrogen and oxygen atoms in total. The van der Waals surface area contributed by atoms with E-state index in [1.54, 1.807) is 0 Å². The van der Waals surface area contributed by atoms with Crippen molar-refractivity contribution in [3.8, 4) is 0 Å². The maximum Gasteiger partial charge on any atom is 0.111 e. The van der Waals surface area contributed by atoms with E-state index in [4.69, 9.17) is 5.11 Å². The van der Waals surface area contributed by atoms with Gasteiger partial charge in [0, 0.05) is 26.2 Å². The summed E-state index contributed by atoms with van der Waals surface area (Å²) in [5.74, 6) is 0. The van der Waals surface area contributed by atoms with Gasteiger partial charge in [-0.15, -0.1) is 0 Å². The zero-order valence-electron chi connectivity index (χ0n) is 12.2. The molecule has 0 aliphatic carbocycles. The Balaban J connectivity index is 1.80. The van der Waals surface area contributed by atoms with Crippen LogP contribution in [0.25, 0.3) is 0 Å². The van der Waals surface area contributed by atoms with E-state index in [9.17, 15) is 15.3 Å². The normalized spacial score (nSPS) is 51.0. The molecule has 4 aliphatic rings. The summed E-state index contributed by atoms with van der Waals surface area (Å²) >= 11 is 0. The second kappa shape index (κ2) is 4.63. The molecule has 4 heterocycles. The Bertz CT molecular complexity index is 355. The van der Waals surface area contributed by atoms with E-state index in [0.29, 0.717) is 0 Å². The van der Waals surface area contributed by atoms with E-state index in [0.717, 1.165) is 26.2 Å². The molecule has 0 radical (unpaired) electrons. The van der Waals surface area contributed by atoms with Crippen LogP contribution in [0.5, 0.6) is 0 Å². The third-order valence-corrected chi connectivity index (χ3v) is 5.18. The predicted molar refractivity (Wildman–Crippen MR) is 72.9 cm³/mol. The van der Waals surface area contributed by atoms with Crippen LogP contribution in [-0.4, -0.2) is 87.5 Å². The summed E-state index contributed by atoms with van der Waals surface area (Å²) in [4.78, 5) is 4.46. The first kappa shape index (κ1) is 14.7. The highest BCUT2D eigenvalue weighted by molar-refractivity contribution is 5.09. The minimum atomic E-state index is -1.32. The molecule has 0 amide bonds. The van der Waals surface area contributed by atoms with E-state index in [1.807, 2.05) is 0 Å². The SMILES string of the molecule is CC12CN3CC(C)(CN(C1)C3[C@@H](O)[C@@H](O)[C@H](O)CO)C2. The number of piperidine rings is 2. The summed E-state index contributed by atoms with van der Waals surface area (Å²) in [5, 5.41) is 38.9. The molecule has 0 aromatic rings. The van der Waals surface area contributed by atoms with Gasteiger partial charge in [0.25, 0.3) is 0 Å². The van der Waals surface area contributed by atoms with Crippen LogP contribution >= 0.6 is 0 Å². The van der Waals surface area contributed by atoms with Gasteiger partial charge < -0.3 is 20.4 Å². The van der Waals surface area contributed by atoms with Crippen molar-refractivity contribution >= 4 is 0 Å². The van der Waals surface area contributed by atoms with E-state index >= 15 is 0 Å². The van der Waals surface area contributed by atoms with Gasteiger partial charge in [-0.25, -0.2) is 0 Å². The predicted octanol–water partition coefficient (Wildman–Crippen LogP) is -1.56. The maximum atomic E-state index is 10.4. The van der Waals surface area contributed by atoms with Gasteiger partial charge in [0.05, 0.1) is 12.8 Å². The highest BCUT2D eigenvalue weighted by atomic mass is 16.4. The number of rotatable bonds is 4. The van der Waals surface area contributed by atoms with Gasteiger partial charge >= 0.3 is 0 Å². The minimum Gasteiger partial charge on any atom is -0.394 e. The second-order valence-electron chi connectivity index (χ2n) is 7.75. The van der Waals surface area contributed by atoms with Crippen molar-refractivity contribution in [3.63, 3.8) is 0 Å². The molecule has 4 rings (SSSR count). The lowest BCUT2D eigenvalue weighted by Crippen LogP contribution is -2.77. The molecule has 4 fully saturated rings. The van der Waals surface area contributed by atoms with Crippen LogP contribution in [0.3, 0.4) is 0 Å². The quantitative estimate of drug-likeness (QED) is 0.500. The Morgan fingerprint density at radius 3 is 1.85 bits per heavy atom. The highest BCUT2D eigenvalue weighted by Gasteiger charge is 2.58. The standard InChI is InChI=1S/C14H26N2O4/c1-13-4-14(2)7-15(5-13)12(16(6-13)8-14)11(20)10(19)9(18)3-17/h9-12,17-20H,3-8H2,1-2H3/t9-,10+,11+,12?,13?,14?/m1/s1. The first-order chi connectivity index (χ1) is 9.27. The summed E-state index contributed by atoms with van der Waals surface area (Å²) in [5.41, 5.74) is 0.504. The van der Waals surface area contributed by atoms with E-state index < -0.39 is 24.9 Å².